The highest BCUT2D eigenvalue weighted by atomic mass is 32.2. The van der Waals surface area contributed by atoms with Crippen molar-refractivity contribution in [2.75, 3.05) is 6.26 Å². The maximum absolute atomic E-state index is 13.9. The molecule has 2 rings (SSSR count). The summed E-state index contributed by atoms with van der Waals surface area (Å²) in [5.74, 6) is -6.98. The van der Waals surface area contributed by atoms with Crippen LogP contribution in [0.25, 0.3) is 0 Å². The lowest BCUT2D eigenvalue weighted by atomic mass is 9.95. The number of carbonyl (C=O) groups is 1. The van der Waals surface area contributed by atoms with Crippen molar-refractivity contribution in [1.82, 2.24) is 9.78 Å². The minimum absolute atomic E-state index is 0.0648. The molecule has 1 aromatic heterocycles. The second kappa shape index (κ2) is 6.54. The Bertz CT molecular complexity index is 1070. The first kappa shape index (κ1) is 21.8. The Morgan fingerprint density at radius 1 is 1.14 bits per heavy atom. The first-order valence-corrected chi connectivity index (χ1v) is 9.46. The first-order chi connectivity index (χ1) is 12.5. The molecule has 0 radical (unpaired) electrons. The molecule has 0 saturated carbocycles. The quantitative estimate of drug-likeness (QED) is 0.600. The number of sulfone groups is 1. The van der Waals surface area contributed by atoms with Gasteiger partial charge in [0.2, 0.25) is 11.7 Å². The number of alkyl halides is 5. The van der Waals surface area contributed by atoms with Gasteiger partial charge < -0.3 is 5.11 Å². The lowest BCUT2D eigenvalue weighted by molar-refractivity contribution is -0.290. The third-order valence-corrected chi connectivity index (χ3v) is 5.40. The standard InChI is InChI=1S/C16H15F5N2O4S/c1-7-9(12(24)11-8(2)22-23(3)14(11)25)5-6-10(13(7)28(4,26)27)15(17,18)16(19,20)21/h5-6,25H,1-4H3. The number of rotatable bonds is 4. The van der Waals surface area contributed by atoms with Crippen LogP contribution in [0.1, 0.15) is 32.7 Å². The SMILES string of the molecule is Cc1nn(C)c(O)c1C(=O)c1ccc(C(F)(F)C(F)(F)F)c(S(C)(=O)=O)c1C. The summed E-state index contributed by atoms with van der Waals surface area (Å²) in [7, 11) is -3.26. The number of hydrogen-bond donors (Lipinski definition) is 1. The molecule has 2 aromatic rings. The van der Waals surface area contributed by atoms with Gasteiger partial charge in [0.15, 0.2) is 9.84 Å². The Hall–Kier alpha value is -2.50. The van der Waals surface area contributed by atoms with Crippen LogP contribution in [0, 0.1) is 13.8 Å². The third-order valence-electron chi connectivity index (χ3n) is 4.13. The molecule has 1 N–H and O–H groups in total. The van der Waals surface area contributed by atoms with Crippen molar-refractivity contribution in [2.45, 2.75) is 30.8 Å². The summed E-state index contributed by atoms with van der Waals surface area (Å²) in [5, 5.41) is 13.8. The van der Waals surface area contributed by atoms with E-state index in [9.17, 15) is 40.3 Å². The van der Waals surface area contributed by atoms with Crippen LogP contribution in [-0.2, 0) is 22.8 Å². The number of aryl methyl sites for hydroxylation is 2. The van der Waals surface area contributed by atoms with Crippen molar-refractivity contribution in [2.24, 2.45) is 7.05 Å². The summed E-state index contributed by atoms with van der Waals surface area (Å²) in [6.07, 6.45) is -5.57. The molecule has 0 saturated heterocycles. The lowest BCUT2D eigenvalue weighted by Gasteiger charge is -2.23. The molecule has 0 spiro atoms. The van der Waals surface area contributed by atoms with E-state index in [0.717, 1.165) is 11.6 Å². The number of aromatic nitrogens is 2. The number of ketones is 1. The van der Waals surface area contributed by atoms with Crippen LogP contribution in [0.3, 0.4) is 0 Å². The van der Waals surface area contributed by atoms with Gasteiger partial charge in [-0.25, -0.2) is 13.1 Å². The first-order valence-electron chi connectivity index (χ1n) is 7.57. The molecule has 0 unspecified atom stereocenters. The lowest BCUT2D eigenvalue weighted by Crippen LogP contribution is -2.35. The Labute approximate surface area is 156 Å². The van der Waals surface area contributed by atoms with Gasteiger partial charge in [-0.1, -0.05) is 12.1 Å². The highest BCUT2D eigenvalue weighted by Gasteiger charge is 2.60. The van der Waals surface area contributed by atoms with Gasteiger partial charge in [0.25, 0.3) is 0 Å². The average molecular weight is 426 g/mol. The predicted molar refractivity (Wildman–Crippen MR) is 87.3 cm³/mol. The van der Waals surface area contributed by atoms with Crippen LogP contribution < -0.4 is 0 Å². The van der Waals surface area contributed by atoms with E-state index in [1.165, 1.54) is 14.0 Å². The number of benzene rings is 1. The Morgan fingerprint density at radius 3 is 2.07 bits per heavy atom. The summed E-state index contributed by atoms with van der Waals surface area (Å²) in [5.41, 5.74) is -3.07. The molecule has 0 aliphatic carbocycles. The Kier molecular flexibility index (Phi) is 5.09. The fourth-order valence-electron chi connectivity index (χ4n) is 2.86. The molecule has 154 valence electrons. The molecule has 1 aromatic carbocycles. The number of aromatic hydroxyl groups is 1. The summed E-state index contributed by atoms with van der Waals surface area (Å²) in [6.45, 7) is 2.31. The fraction of sp³-hybridized carbons (Fsp3) is 0.375. The molecule has 0 amide bonds. The monoisotopic (exact) mass is 426 g/mol. The minimum atomic E-state index is -6.04. The molecule has 6 nitrogen and oxygen atoms in total. The van der Waals surface area contributed by atoms with Crippen LogP contribution >= 0.6 is 0 Å². The van der Waals surface area contributed by atoms with Crippen molar-refractivity contribution in [3.8, 4) is 5.88 Å². The van der Waals surface area contributed by atoms with Crippen LogP contribution in [-0.4, -0.2) is 41.5 Å². The molecule has 0 atom stereocenters. The van der Waals surface area contributed by atoms with Crippen LogP contribution in [0.15, 0.2) is 17.0 Å². The molecule has 0 fully saturated rings. The van der Waals surface area contributed by atoms with E-state index in [4.69, 9.17) is 0 Å². The average Bonchev–Trinajstić information content (AvgIpc) is 2.76. The van der Waals surface area contributed by atoms with Crippen molar-refractivity contribution in [3.63, 3.8) is 0 Å². The van der Waals surface area contributed by atoms with E-state index in [1.807, 2.05) is 0 Å². The second-order valence-electron chi connectivity index (χ2n) is 6.20. The van der Waals surface area contributed by atoms with Crippen molar-refractivity contribution in [1.29, 1.82) is 0 Å². The molecule has 12 heteroatoms. The third kappa shape index (κ3) is 3.36. The van der Waals surface area contributed by atoms with Crippen LogP contribution in [0.2, 0.25) is 0 Å². The maximum atomic E-state index is 13.9. The van der Waals surface area contributed by atoms with Crippen molar-refractivity contribution >= 4 is 15.6 Å². The summed E-state index contributed by atoms with van der Waals surface area (Å²) < 4.78 is 91.2. The highest BCUT2D eigenvalue weighted by Crippen LogP contribution is 2.47. The molecular formula is C16H15F5N2O4S. The van der Waals surface area contributed by atoms with Gasteiger partial charge in [0.05, 0.1) is 10.6 Å². The Morgan fingerprint density at radius 2 is 1.68 bits per heavy atom. The zero-order valence-corrected chi connectivity index (χ0v) is 15.8. The van der Waals surface area contributed by atoms with Crippen molar-refractivity contribution < 1.29 is 40.3 Å². The smallest absolute Gasteiger partial charge is 0.458 e. The summed E-state index contributed by atoms with van der Waals surface area (Å²) >= 11 is 0. The molecule has 28 heavy (non-hydrogen) atoms. The van der Waals surface area contributed by atoms with Crippen LogP contribution in [0.4, 0.5) is 22.0 Å². The topological polar surface area (TPSA) is 89.3 Å². The maximum Gasteiger partial charge on any atom is 0.458 e. The number of hydrogen-bond acceptors (Lipinski definition) is 5. The molecule has 0 bridgehead atoms. The van der Waals surface area contributed by atoms with E-state index in [2.05, 4.69) is 5.10 Å². The largest absolute Gasteiger partial charge is 0.493 e. The van der Waals surface area contributed by atoms with E-state index >= 15 is 0 Å². The number of carbonyl (C=O) groups excluding carboxylic acids is 1. The second-order valence-corrected chi connectivity index (χ2v) is 8.15. The van der Waals surface area contributed by atoms with Crippen molar-refractivity contribution in [3.05, 3.63) is 40.1 Å². The van der Waals surface area contributed by atoms with E-state index in [-0.39, 0.29) is 17.3 Å². The van der Waals surface area contributed by atoms with E-state index < -0.39 is 55.2 Å². The minimum Gasteiger partial charge on any atom is -0.493 e. The van der Waals surface area contributed by atoms with E-state index in [0.29, 0.717) is 12.3 Å². The molecule has 1 heterocycles. The van der Waals surface area contributed by atoms with Gasteiger partial charge in [0, 0.05) is 24.4 Å². The number of halogens is 5. The molecule has 0 aliphatic rings. The van der Waals surface area contributed by atoms with E-state index in [1.54, 1.807) is 0 Å². The van der Waals surface area contributed by atoms with Gasteiger partial charge in [-0.2, -0.15) is 27.1 Å². The zero-order chi connectivity index (χ0) is 21.8. The fourth-order valence-corrected chi connectivity index (χ4v) is 4.12. The van der Waals surface area contributed by atoms with Crippen LogP contribution in [0.5, 0.6) is 5.88 Å². The summed E-state index contributed by atoms with van der Waals surface area (Å²) in [6, 6.07) is 0.931. The number of nitrogens with zero attached hydrogens (tertiary/aromatic N) is 2. The predicted octanol–water partition coefficient (Wildman–Crippen LogP) is 3.03. The normalized spacial score (nSPS) is 13.0. The molecule has 0 aliphatic heterocycles. The van der Waals surface area contributed by atoms with Gasteiger partial charge in [-0.15, -0.1) is 0 Å². The molecular weight excluding hydrogens is 411 g/mol. The summed E-state index contributed by atoms with van der Waals surface area (Å²) in [4.78, 5) is 11.5. The Balaban J connectivity index is 2.84. The highest BCUT2D eigenvalue weighted by molar-refractivity contribution is 7.90. The zero-order valence-electron chi connectivity index (χ0n) is 15.0. The van der Waals surface area contributed by atoms with Gasteiger partial charge in [-0.3, -0.25) is 4.79 Å². The van der Waals surface area contributed by atoms with Gasteiger partial charge in [0.1, 0.15) is 5.56 Å². The van der Waals surface area contributed by atoms with Gasteiger partial charge in [-0.05, 0) is 19.4 Å². The van der Waals surface area contributed by atoms with Gasteiger partial charge >= 0.3 is 12.1 Å².